The molecule has 0 aromatic heterocycles. The molecule has 1 aromatic carbocycles. The van der Waals surface area contributed by atoms with Crippen molar-refractivity contribution >= 4 is 5.69 Å². The lowest BCUT2D eigenvalue weighted by atomic mass is 10.2. The van der Waals surface area contributed by atoms with Gasteiger partial charge in [0.05, 0.1) is 0 Å². The quantitative estimate of drug-likeness (QED) is 0.430. The van der Waals surface area contributed by atoms with E-state index in [1.807, 2.05) is 12.1 Å². The monoisotopic (exact) mass is 137 g/mol. The molecular weight excluding hydrogens is 130 g/mol. The second-order valence-corrected chi connectivity index (χ2v) is 2.21. The minimum atomic E-state index is 0.523. The molecule has 1 heterocycles. The van der Waals surface area contributed by atoms with Crippen molar-refractivity contribution in [1.82, 2.24) is 0 Å². The average Bonchev–Trinajstić information content (AvgIpc) is 2.33. The first-order valence-corrected chi connectivity index (χ1v) is 3.04. The van der Waals surface area contributed by atoms with Crippen molar-refractivity contribution in [1.29, 1.82) is 0 Å². The molecule has 2 rings (SSSR count). The third kappa shape index (κ3) is 0.717. The number of hydrogen-bond acceptors (Lipinski definition) is 3. The first-order chi connectivity index (χ1) is 4.86. The van der Waals surface area contributed by atoms with E-state index in [1.54, 1.807) is 6.07 Å². The zero-order valence-corrected chi connectivity index (χ0v) is 5.33. The van der Waals surface area contributed by atoms with Gasteiger partial charge in [0.25, 0.3) is 0 Å². The van der Waals surface area contributed by atoms with Crippen LogP contribution in [0, 0.1) is 0 Å². The number of hydrogen-bond donors (Lipinski definition) is 1. The van der Waals surface area contributed by atoms with Crippen LogP contribution in [0.4, 0.5) is 5.69 Å². The molecule has 0 saturated heterocycles. The summed E-state index contributed by atoms with van der Waals surface area (Å²) in [5.74, 6) is 0.736. The van der Waals surface area contributed by atoms with Crippen molar-refractivity contribution in [2.45, 2.75) is 6.61 Å². The molecule has 3 heteroatoms. The number of benzene rings is 1. The maximum Gasteiger partial charge on any atom is 0.173 e. The minimum absolute atomic E-state index is 0.523. The topological polar surface area (TPSA) is 44.5 Å². The van der Waals surface area contributed by atoms with E-state index in [0.717, 1.165) is 11.3 Å². The predicted molar refractivity (Wildman–Crippen MR) is 36.3 cm³/mol. The van der Waals surface area contributed by atoms with E-state index in [9.17, 15) is 0 Å². The lowest BCUT2D eigenvalue weighted by Gasteiger charge is -1.94. The summed E-state index contributed by atoms with van der Waals surface area (Å²) in [6.45, 7) is 0.523. The summed E-state index contributed by atoms with van der Waals surface area (Å²) in [7, 11) is 0. The van der Waals surface area contributed by atoms with Crippen LogP contribution in [0.1, 0.15) is 5.56 Å². The molecule has 0 radical (unpaired) electrons. The van der Waals surface area contributed by atoms with Crippen LogP contribution in [-0.4, -0.2) is 0 Å². The second-order valence-electron chi connectivity index (χ2n) is 2.21. The van der Waals surface area contributed by atoms with Crippen LogP contribution in [0.15, 0.2) is 18.2 Å². The molecule has 0 spiro atoms. The van der Waals surface area contributed by atoms with Crippen LogP contribution in [0.5, 0.6) is 5.75 Å². The van der Waals surface area contributed by atoms with E-state index < -0.39 is 0 Å². The van der Waals surface area contributed by atoms with Crippen molar-refractivity contribution in [2.75, 3.05) is 5.73 Å². The lowest BCUT2D eigenvalue weighted by Crippen LogP contribution is -1.85. The van der Waals surface area contributed by atoms with E-state index in [0.29, 0.717) is 12.3 Å². The number of rotatable bonds is 0. The summed E-state index contributed by atoms with van der Waals surface area (Å²) < 4.78 is 0. The van der Waals surface area contributed by atoms with Gasteiger partial charge in [0.1, 0.15) is 6.61 Å². The second kappa shape index (κ2) is 1.88. The van der Waals surface area contributed by atoms with Gasteiger partial charge in [0.2, 0.25) is 0 Å². The van der Waals surface area contributed by atoms with Crippen molar-refractivity contribution in [2.24, 2.45) is 0 Å². The van der Waals surface area contributed by atoms with Crippen LogP contribution < -0.4 is 10.6 Å². The number of nitrogens with two attached hydrogens (primary N) is 1. The van der Waals surface area contributed by atoms with Gasteiger partial charge in [-0.25, -0.2) is 0 Å². The number of nitrogen functional groups attached to an aromatic ring is 1. The highest BCUT2D eigenvalue weighted by molar-refractivity contribution is 5.48. The molecule has 1 aliphatic rings. The fourth-order valence-electron chi connectivity index (χ4n) is 0.924. The fourth-order valence-corrected chi connectivity index (χ4v) is 0.924. The molecule has 1 aromatic rings. The van der Waals surface area contributed by atoms with E-state index in [2.05, 4.69) is 0 Å². The summed E-state index contributed by atoms with van der Waals surface area (Å²) >= 11 is 0. The minimum Gasteiger partial charge on any atom is -0.399 e. The third-order valence-electron chi connectivity index (χ3n) is 1.45. The Morgan fingerprint density at radius 3 is 3.20 bits per heavy atom. The van der Waals surface area contributed by atoms with Crippen molar-refractivity contribution < 1.29 is 9.78 Å². The van der Waals surface area contributed by atoms with Gasteiger partial charge in [0.15, 0.2) is 5.75 Å². The molecule has 0 fully saturated rings. The Morgan fingerprint density at radius 2 is 2.30 bits per heavy atom. The van der Waals surface area contributed by atoms with Gasteiger partial charge in [-0.2, -0.15) is 4.89 Å². The predicted octanol–water partition coefficient (Wildman–Crippen LogP) is 1.09. The standard InChI is InChI=1S/C7H7NO2/c8-6-2-1-5-4-9-10-7(5)3-6/h1-3H,4,8H2. The molecule has 3 nitrogen and oxygen atoms in total. The molecule has 52 valence electrons. The Bertz CT molecular complexity index is 260. The van der Waals surface area contributed by atoms with Crippen LogP contribution >= 0.6 is 0 Å². The number of fused-ring (bicyclic) bond motifs is 1. The van der Waals surface area contributed by atoms with Crippen molar-refractivity contribution in [3.63, 3.8) is 0 Å². The molecule has 0 aliphatic carbocycles. The Kier molecular flexibility index (Phi) is 1.05. The van der Waals surface area contributed by atoms with E-state index in [-0.39, 0.29) is 0 Å². The fraction of sp³-hybridized carbons (Fsp3) is 0.143. The molecular formula is C7H7NO2. The molecule has 2 N–H and O–H groups in total. The maximum atomic E-state index is 5.50. The zero-order chi connectivity index (χ0) is 6.97. The molecule has 0 saturated carbocycles. The normalized spacial score (nSPS) is 14.4. The highest BCUT2D eigenvalue weighted by Gasteiger charge is 2.12. The van der Waals surface area contributed by atoms with Crippen LogP contribution in [0.3, 0.4) is 0 Å². The summed E-state index contributed by atoms with van der Waals surface area (Å²) in [6.07, 6.45) is 0. The largest absolute Gasteiger partial charge is 0.399 e. The summed E-state index contributed by atoms with van der Waals surface area (Å²) in [6, 6.07) is 5.48. The van der Waals surface area contributed by atoms with Crippen LogP contribution in [0.25, 0.3) is 0 Å². The molecule has 0 amide bonds. The SMILES string of the molecule is Nc1ccc2c(c1)OOC2. The highest BCUT2D eigenvalue weighted by Crippen LogP contribution is 2.27. The van der Waals surface area contributed by atoms with Gasteiger partial charge in [-0.15, -0.1) is 0 Å². The van der Waals surface area contributed by atoms with E-state index in [1.165, 1.54) is 0 Å². The molecule has 1 aliphatic heterocycles. The average molecular weight is 137 g/mol. The number of anilines is 1. The molecule has 0 bridgehead atoms. The van der Waals surface area contributed by atoms with Gasteiger partial charge < -0.3 is 10.6 Å². The Morgan fingerprint density at radius 1 is 1.40 bits per heavy atom. The zero-order valence-electron chi connectivity index (χ0n) is 5.33. The Hall–Kier alpha value is -1.22. The first-order valence-electron chi connectivity index (χ1n) is 3.04. The lowest BCUT2D eigenvalue weighted by molar-refractivity contribution is -0.194. The summed E-state index contributed by atoms with van der Waals surface area (Å²) in [4.78, 5) is 9.51. The smallest absolute Gasteiger partial charge is 0.173 e. The third-order valence-corrected chi connectivity index (χ3v) is 1.45. The van der Waals surface area contributed by atoms with E-state index >= 15 is 0 Å². The molecule has 10 heavy (non-hydrogen) atoms. The first kappa shape index (κ1) is 5.56. The van der Waals surface area contributed by atoms with Gasteiger partial charge in [0, 0.05) is 17.3 Å². The van der Waals surface area contributed by atoms with Crippen LogP contribution in [0.2, 0.25) is 0 Å². The van der Waals surface area contributed by atoms with Crippen LogP contribution in [-0.2, 0) is 11.5 Å². The van der Waals surface area contributed by atoms with Gasteiger partial charge in [-0.05, 0) is 6.07 Å². The maximum absolute atomic E-state index is 5.50. The van der Waals surface area contributed by atoms with Crippen molar-refractivity contribution in [3.05, 3.63) is 23.8 Å². The van der Waals surface area contributed by atoms with Gasteiger partial charge >= 0.3 is 0 Å². The summed E-state index contributed by atoms with van der Waals surface area (Å²) in [5.41, 5.74) is 7.24. The Labute approximate surface area is 58.3 Å². The summed E-state index contributed by atoms with van der Waals surface area (Å²) in [5, 5.41) is 0. The molecule has 0 atom stereocenters. The van der Waals surface area contributed by atoms with Gasteiger partial charge in [-0.1, -0.05) is 6.07 Å². The van der Waals surface area contributed by atoms with Crippen molar-refractivity contribution in [3.8, 4) is 5.75 Å². The van der Waals surface area contributed by atoms with Gasteiger partial charge in [-0.3, -0.25) is 0 Å². The highest BCUT2D eigenvalue weighted by atomic mass is 17.2. The Balaban J connectivity index is 2.52. The van der Waals surface area contributed by atoms with E-state index in [4.69, 9.17) is 15.5 Å². The molecule has 0 unspecified atom stereocenters.